The van der Waals surface area contributed by atoms with Gasteiger partial charge in [-0.1, -0.05) is 51.9 Å². The molecule has 5 nitrogen and oxygen atoms in total. The van der Waals surface area contributed by atoms with Crippen LogP contribution >= 0.6 is 0 Å². The van der Waals surface area contributed by atoms with E-state index in [0.717, 1.165) is 6.42 Å². The summed E-state index contributed by atoms with van der Waals surface area (Å²) >= 11 is 0. The maximum Gasteiger partial charge on any atom is 0.338 e. The van der Waals surface area contributed by atoms with Crippen molar-refractivity contribution in [2.45, 2.75) is 83.8 Å². The zero-order valence-corrected chi connectivity index (χ0v) is 14.5. The number of rotatable bonds is 15. The predicted molar refractivity (Wildman–Crippen MR) is 87.1 cm³/mol. The Labute approximate surface area is 135 Å². The van der Waals surface area contributed by atoms with Crippen molar-refractivity contribution in [1.29, 1.82) is 0 Å². The number of aliphatic carboxylic acids is 1. The van der Waals surface area contributed by atoms with Crippen LogP contribution in [-0.2, 0) is 14.3 Å². The van der Waals surface area contributed by atoms with E-state index in [0.29, 0.717) is 19.8 Å². The minimum atomic E-state index is -1.86. The number of ether oxygens (including phenoxy) is 2. The Morgan fingerprint density at radius 3 is 2.09 bits per heavy atom. The molecule has 2 unspecified atom stereocenters. The van der Waals surface area contributed by atoms with E-state index in [9.17, 15) is 9.90 Å². The van der Waals surface area contributed by atoms with Gasteiger partial charge < -0.3 is 19.7 Å². The molecule has 0 aliphatic carbocycles. The van der Waals surface area contributed by atoms with Gasteiger partial charge in [0.15, 0.2) is 5.60 Å². The molecule has 0 saturated heterocycles. The quantitative estimate of drug-likeness (QED) is 0.453. The molecule has 0 amide bonds. The number of unbranched alkanes of at least 4 members (excludes halogenated alkanes) is 7. The second-order valence-corrected chi connectivity index (χ2v) is 6.05. The Hall–Kier alpha value is -0.650. The third-order valence-electron chi connectivity index (χ3n) is 3.96. The van der Waals surface area contributed by atoms with Crippen molar-refractivity contribution in [1.82, 2.24) is 0 Å². The summed E-state index contributed by atoms with van der Waals surface area (Å²) in [4.78, 5) is 10.8. The highest BCUT2D eigenvalue weighted by molar-refractivity contribution is 5.77. The highest BCUT2D eigenvalue weighted by atomic mass is 16.5. The molecule has 22 heavy (non-hydrogen) atoms. The molecule has 0 bridgehead atoms. The molecular formula is C17H34O5. The Morgan fingerprint density at radius 2 is 1.55 bits per heavy atom. The van der Waals surface area contributed by atoms with Crippen molar-refractivity contribution in [3.63, 3.8) is 0 Å². The van der Waals surface area contributed by atoms with E-state index in [1.807, 2.05) is 0 Å². The van der Waals surface area contributed by atoms with Crippen molar-refractivity contribution < 1.29 is 24.5 Å². The van der Waals surface area contributed by atoms with Gasteiger partial charge in [-0.3, -0.25) is 0 Å². The summed E-state index contributed by atoms with van der Waals surface area (Å²) in [5.41, 5.74) is -1.86. The first-order chi connectivity index (χ1) is 10.4. The summed E-state index contributed by atoms with van der Waals surface area (Å²) in [6, 6.07) is 0. The second kappa shape index (κ2) is 12.9. The van der Waals surface area contributed by atoms with E-state index in [1.54, 1.807) is 6.92 Å². The third kappa shape index (κ3) is 10.1. The Balaban J connectivity index is 3.35. The Morgan fingerprint density at radius 1 is 1.00 bits per heavy atom. The first-order valence-corrected chi connectivity index (χ1v) is 8.58. The van der Waals surface area contributed by atoms with Gasteiger partial charge in [0.05, 0.1) is 19.3 Å². The fourth-order valence-corrected chi connectivity index (χ4v) is 2.06. The molecule has 0 radical (unpaired) electrons. The van der Waals surface area contributed by atoms with Gasteiger partial charge in [-0.25, -0.2) is 4.79 Å². The van der Waals surface area contributed by atoms with Gasteiger partial charge in [0.25, 0.3) is 0 Å². The molecule has 0 aromatic rings. The maximum atomic E-state index is 10.8. The molecule has 2 atom stereocenters. The molecule has 132 valence electrons. The number of carbonyl (C=O) groups is 1. The maximum absolute atomic E-state index is 10.8. The number of hydrogen-bond acceptors (Lipinski definition) is 4. The molecule has 2 N–H and O–H groups in total. The first kappa shape index (κ1) is 21.4. The van der Waals surface area contributed by atoms with Crippen molar-refractivity contribution in [3.8, 4) is 0 Å². The monoisotopic (exact) mass is 318 g/mol. The zero-order valence-electron chi connectivity index (χ0n) is 14.5. The molecule has 0 rings (SSSR count). The number of hydrogen-bond donors (Lipinski definition) is 2. The standard InChI is InChI=1S/C17H34O5/c1-4-5-6-7-8-9-10-11-12-21-13-14-22-15(2)17(3,20)16(18)19/h15,20H,4-14H2,1-3H3,(H,18,19). The lowest BCUT2D eigenvalue weighted by atomic mass is 10.0. The lowest BCUT2D eigenvalue weighted by Crippen LogP contribution is -2.46. The van der Waals surface area contributed by atoms with E-state index in [4.69, 9.17) is 14.6 Å². The van der Waals surface area contributed by atoms with Crippen LogP contribution < -0.4 is 0 Å². The molecule has 0 aliphatic rings. The molecule has 0 aliphatic heterocycles. The minimum Gasteiger partial charge on any atom is -0.479 e. The smallest absolute Gasteiger partial charge is 0.338 e. The average molecular weight is 318 g/mol. The SMILES string of the molecule is CCCCCCCCCCOCCOC(C)C(C)(O)C(=O)O. The molecule has 0 heterocycles. The minimum absolute atomic E-state index is 0.293. The largest absolute Gasteiger partial charge is 0.479 e. The summed E-state index contributed by atoms with van der Waals surface area (Å²) in [7, 11) is 0. The molecule has 5 heteroatoms. The van der Waals surface area contributed by atoms with Crippen LogP contribution in [0.4, 0.5) is 0 Å². The van der Waals surface area contributed by atoms with Crippen LogP contribution in [0.25, 0.3) is 0 Å². The Kier molecular flexibility index (Phi) is 12.5. The normalized spacial score (nSPS) is 15.5. The van der Waals surface area contributed by atoms with Crippen molar-refractivity contribution in [2.75, 3.05) is 19.8 Å². The molecule has 0 saturated carbocycles. The van der Waals surface area contributed by atoms with E-state index < -0.39 is 17.7 Å². The van der Waals surface area contributed by atoms with Crippen LogP contribution in [0.2, 0.25) is 0 Å². The average Bonchev–Trinajstić information content (AvgIpc) is 2.47. The zero-order chi connectivity index (χ0) is 16.8. The predicted octanol–water partition coefficient (Wildman–Crippen LogP) is 3.38. The Bertz CT molecular complexity index is 278. The van der Waals surface area contributed by atoms with Gasteiger partial charge in [0, 0.05) is 6.61 Å². The van der Waals surface area contributed by atoms with Crippen molar-refractivity contribution in [3.05, 3.63) is 0 Å². The van der Waals surface area contributed by atoms with Crippen molar-refractivity contribution >= 4 is 5.97 Å². The second-order valence-electron chi connectivity index (χ2n) is 6.05. The molecule has 0 aromatic heterocycles. The van der Waals surface area contributed by atoms with Crippen LogP contribution in [0, 0.1) is 0 Å². The lowest BCUT2D eigenvalue weighted by Gasteiger charge is -2.25. The molecular weight excluding hydrogens is 284 g/mol. The van der Waals surface area contributed by atoms with Gasteiger partial charge in [-0.15, -0.1) is 0 Å². The van der Waals surface area contributed by atoms with Crippen LogP contribution in [0.15, 0.2) is 0 Å². The summed E-state index contributed by atoms with van der Waals surface area (Å²) in [5, 5.41) is 18.5. The van der Waals surface area contributed by atoms with E-state index in [-0.39, 0.29) is 0 Å². The summed E-state index contributed by atoms with van der Waals surface area (Å²) in [6.45, 7) is 6.44. The fourth-order valence-electron chi connectivity index (χ4n) is 2.06. The number of carboxylic acids is 1. The van der Waals surface area contributed by atoms with Crippen molar-refractivity contribution in [2.24, 2.45) is 0 Å². The van der Waals surface area contributed by atoms with Crippen LogP contribution in [0.1, 0.15) is 72.1 Å². The number of carboxylic acid groups (broad SMARTS) is 1. The van der Waals surface area contributed by atoms with Gasteiger partial charge in [-0.2, -0.15) is 0 Å². The fraction of sp³-hybridized carbons (Fsp3) is 0.941. The lowest BCUT2D eigenvalue weighted by molar-refractivity contribution is -0.173. The van der Waals surface area contributed by atoms with Gasteiger partial charge in [0.1, 0.15) is 0 Å². The van der Waals surface area contributed by atoms with Crippen LogP contribution in [0.5, 0.6) is 0 Å². The highest BCUT2D eigenvalue weighted by Gasteiger charge is 2.37. The molecule has 0 aromatic carbocycles. The van der Waals surface area contributed by atoms with Crippen LogP contribution in [-0.4, -0.2) is 47.7 Å². The topological polar surface area (TPSA) is 76.0 Å². The summed E-state index contributed by atoms with van der Waals surface area (Å²) in [6.07, 6.45) is 9.37. The van der Waals surface area contributed by atoms with E-state index in [2.05, 4.69) is 6.92 Å². The summed E-state index contributed by atoms with van der Waals surface area (Å²) < 4.78 is 10.7. The van der Waals surface area contributed by atoms with Gasteiger partial charge in [-0.05, 0) is 20.3 Å². The van der Waals surface area contributed by atoms with E-state index in [1.165, 1.54) is 51.9 Å². The number of aliphatic hydroxyl groups is 1. The van der Waals surface area contributed by atoms with E-state index >= 15 is 0 Å². The van der Waals surface area contributed by atoms with Gasteiger partial charge >= 0.3 is 5.97 Å². The molecule has 0 fully saturated rings. The first-order valence-electron chi connectivity index (χ1n) is 8.58. The highest BCUT2D eigenvalue weighted by Crippen LogP contribution is 2.13. The van der Waals surface area contributed by atoms with Crippen LogP contribution in [0.3, 0.4) is 0 Å². The third-order valence-corrected chi connectivity index (χ3v) is 3.96. The van der Waals surface area contributed by atoms with Gasteiger partial charge in [0.2, 0.25) is 0 Å². The summed E-state index contributed by atoms with van der Waals surface area (Å²) in [5.74, 6) is -1.28. The molecule has 0 spiro atoms.